The Kier molecular flexibility index (Phi) is 3.55. The molecule has 0 spiro atoms. The normalized spacial score (nSPS) is 28.2. The van der Waals surface area contributed by atoms with E-state index in [0.29, 0.717) is 19.3 Å². The number of hydrogen-bond donors (Lipinski definition) is 1. The number of carbonyl (C=O) groups is 3. The van der Waals surface area contributed by atoms with E-state index in [2.05, 4.69) is 0 Å². The molecule has 1 aromatic rings. The topological polar surface area (TPSA) is 77.9 Å². The molecule has 126 valence electrons. The van der Waals surface area contributed by atoms with Crippen LogP contribution in [0.25, 0.3) is 0 Å². The first-order valence-electron chi connectivity index (χ1n) is 8.48. The number of carboxylic acid groups (broad SMARTS) is 1. The summed E-state index contributed by atoms with van der Waals surface area (Å²) in [5.41, 5.74) is 1.89. The third kappa shape index (κ3) is 2.28. The van der Waals surface area contributed by atoms with E-state index in [0.717, 1.165) is 24.1 Å². The molecule has 0 aliphatic carbocycles. The predicted molar refractivity (Wildman–Crippen MR) is 86.5 cm³/mol. The first kappa shape index (κ1) is 15.2. The summed E-state index contributed by atoms with van der Waals surface area (Å²) in [5.74, 6) is -1.45. The SMILES string of the molecule is O=C(O)C1CC2CCC1N2C(=O)CN1C(=O)CCc2ccccc21. The van der Waals surface area contributed by atoms with Gasteiger partial charge in [0.15, 0.2) is 0 Å². The molecule has 3 unspecified atom stereocenters. The maximum Gasteiger partial charge on any atom is 0.308 e. The van der Waals surface area contributed by atoms with Crippen molar-refractivity contribution in [2.24, 2.45) is 5.92 Å². The second kappa shape index (κ2) is 5.61. The first-order chi connectivity index (χ1) is 11.6. The third-order valence-corrected chi connectivity index (χ3v) is 5.63. The Labute approximate surface area is 140 Å². The lowest BCUT2D eigenvalue weighted by Gasteiger charge is -2.31. The van der Waals surface area contributed by atoms with Gasteiger partial charge in [-0.3, -0.25) is 14.4 Å². The number of fused-ring (bicyclic) bond motifs is 3. The smallest absolute Gasteiger partial charge is 0.308 e. The number of benzene rings is 1. The second-order valence-electron chi connectivity index (χ2n) is 6.89. The fourth-order valence-corrected chi connectivity index (χ4v) is 4.53. The van der Waals surface area contributed by atoms with Crippen LogP contribution in [0.2, 0.25) is 0 Å². The van der Waals surface area contributed by atoms with Gasteiger partial charge in [0, 0.05) is 24.2 Å². The van der Waals surface area contributed by atoms with Gasteiger partial charge in [-0.2, -0.15) is 0 Å². The molecule has 3 heterocycles. The molecule has 2 fully saturated rings. The molecular formula is C18H20N2O4. The Hall–Kier alpha value is -2.37. The van der Waals surface area contributed by atoms with E-state index in [1.165, 1.54) is 0 Å². The van der Waals surface area contributed by atoms with Crippen LogP contribution < -0.4 is 4.90 Å². The molecule has 0 radical (unpaired) electrons. The largest absolute Gasteiger partial charge is 0.481 e. The van der Waals surface area contributed by atoms with Crippen molar-refractivity contribution in [1.29, 1.82) is 0 Å². The van der Waals surface area contributed by atoms with Gasteiger partial charge in [0.2, 0.25) is 11.8 Å². The Morgan fingerprint density at radius 2 is 1.96 bits per heavy atom. The number of amides is 2. The average Bonchev–Trinajstić information content (AvgIpc) is 3.15. The molecule has 2 amide bonds. The monoisotopic (exact) mass is 328 g/mol. The number of anilines is 1. The summed E-state index contributed by atoms with van der Waals surface area (Å²) < 4.78 is 0. The summed E-state index contributed by atoms with van der Waals surface area (Å²) in [4.78, 5) is 39.8. The van der Waals surface area contributed by atoms with Crippen LogP contribution in [0.3, 0.4) is 0 Å². The van der Waals surface area contributed by atoms with Crippen molar-refractivity contribution in [1.82, 2.24) is 4.90 Å². The fraction of sp³-hybridized carbons (Fsp3) is 0.500. The molecule has 6 heteroatoms. The van der Waals surface area contributed by atoms with Gasteiger partial charge in [-0.1, -0.05) is 18.2 Å². The summed E-state index contributed by atoms with van der Waals surface area (Å²) >= 11 is 0. The molecule has 3 aliphatic rings. The highest BCUT2D eigenvalue weighted by molar-refractivity contribution is 6.01. The first-order valence-corrected chi connectivity index (χ1v) is 8.48. The molecule has 2 saturated heterocycles. The number of aryl methyl sites for hydroxylation is 1. The summed E-state index contributed by atoms with van der Waals surface area (Å²) in [6, 6.07) is 7.47. The van der Waals surface area contributed by atoms with Gasteiger partial charge < -0.3 is 14.9 Å². The standard InChI is InChI=1S/C18H20N2O4/c21-16-8-5-11-3-1-2-4-14(11)19(16)10-17(22)20-12-6-7-15(20)13(9-12)18(23)24/h1-4,12-13,15H,5-10H2,(H,23,24). The number of aliphatic carboxylic acids is 1. The maximum atomic E-state index is 12.8. The Morgan fingerprint density at radius 3 is 2.71 bits per heavy atom. The number of para-hydroxylation sites is 1. The lowest BCUT2D eigenvalue weighted by Crippen LogP contribution is -2.47. The molecule has 24 heavy (non-hydrogen) atoms. The average molecular weight is 328 g/mol. The highest BCUT2D eigenvalue weighted by Gasteiger charge is 2.51. The van der Waals surface area contributed by atoms with Crippen molar-refractivity contribution in [3.05, 3.63) is 29.8 Å². The zero-order valence-electron chi connectivity index (χ0n) is 13.4. The van der Waals surface area contributed by atoms with Crippen LogP contribution in [0.1, 0.15) is 31.2 Å². The summed E-state index contributed by atoms with van der Waals surface area (Å²) in [7, 11) is 0. The molecule has 1 aromatic carbocycles. The Balaban J connectivity index is 1.55. The summed E-state index contributed by atoms with van der Waals surface area (Å²) in [6.07, 6.45) is 3.27. The maximum absolute atomic E-state index is 12.8. The van der Waals surface area contributed by atoms with Crippen molar-refractivity contribution in [3.63, 3.8) is 0 Å². The quantitative estimate of drug-likeness (QED) is 0.910. The lowest BCUT2D eigenvalue weighted by molar-refractivity contribution is -0.143. The third-order valence-electron chi connectivity index (χ3n) is 5.63. The number of rotatable bonds is 3. The highest BCUT2D eigenvalue weighted by Crippen LogP contribution is 2.42. The fourth-order valence-electron chi connectivity index (χ4n) is 4.53. The van der Waals surface area contributed by atoms with Gasteiger partial charge in [-0.05, 0) is 37.3 Å². The van der Waals surface area contributed by atoms with Crippen molar-refractivity contribution < 1.29 is 19.5 Å². The molecule has 1 N–H and O–H groups in total. The zero-order valence-corrected chi connectivity index (χ0v) is 13.4. The second-order valence-corrected chi connectivity index (χ2v) is 6.89. The van der Waals surface area contributed by atoms with Crippen molar-refractivity contribution in [2.75, 3.05) is 11.4 Å². The Bertz CT molecular complexity index is 717. The molecular weight excluding hydrogens is 308 g/mol. The van der Waals surface area contributed by atoms with E-state index in [1.807, 2.05) is 24.3 Å². The van der Waals surface area contributed by atoms with Crippen LogP contribution in [0.4, 0.5) is 5.69 Å². The summed E-state index contributed by atoms with van der Waals surface area (Å²) in [6.45, 7) is 0.00911. The Morgan fingerprint density at radius 1 is 1.17 bits per heavy atom. The van der Waals surface area contributed by atoms with Crippen molar-refractivity contribution >= 4 is 23.5 Å². The van der Waals surface area contributed by atoms with Crippen LogP contribution in [-0.2, 0) is 20.8 Å². The van der Waals surface area contributed by atoms with Crippen molar-refractivity contribution in [3.8, 4) is 0 Å². The lowest BCUT2D eigenvalue weighted by atomic mass is 9.89. The minimum Gasteiger partial charge on any atom is -0.481 e. The summed E-state index contributed by atoms with van der Waals surface area (Å²) in [5, 5.41) is 9.33. The minimum absolute atomic E-state index is 0.00911. The van der Waals surface area contributed by atoms with E-state index < -0.39 is 11.9 Å². The number of nitrogens with zero attached hydrogens (tertiary/aromatic N) is 2. The molecule has 0 aromatic heterocycles. The predicted octanol–water partition coefficient (Wildman–Crippen LogP) is 1.43. The highest BCUT2D eigenvalue weighted by atomic mass is 16.4. The van der Waals surface area contributed by atoms with Crippen LogP contribution in [0.5, 0.6) is 0 Å². The van der Waals surface area contributed by atoms with Gasteiger partial charge in [-0.15, -0.1) is 0 Å². The van der Waals surface area contributed by atoms with Crippen LogP contribution >= 0.6 is 0 Å². The van der Waals surface area contributed by atoms with Crippen molar-refractivity contribution in [2.45, 2.75) is 44.2 Å². The number of carboxylic acids is 1. The molecule has 6 nitrogen and oxygen atoms in total. The van der Waals surface area contributed by atoms with Crippen LogP contribution in [-0.4, -0.2) is 46.4 Å². The molecule has 3 atom stereocenters. The molecule has 3 aliphatic heterocycles. The van der Waals surface area contributed by atoms with Gasteiger partial charge in [0.1, 0.15) is 6.54 Å². The van der Waals surface area contributed by atoms with Gasteiger partial charge in [0.25, 0.3) is 0 Å². The minimum atomic E-state index is -0.820. The van der Waals surface area contributed by atoms with E-state index in [4.69, 9.17) is 0 Å². The molecule has 4 rings (SSSR count). The van der Waals surface area contributed by atoms with Crippen LogP contribution in [0, 0.1) is 5.92 Å². The molecule has 2 bridgehead atoms. The van der Waals surface area contributed by atoms with Gasteiger partial charge in [0.05, 0.1) is 5.92 Å². The zero-order chi connectivity index (χ0) is 16.8. The van der Waals surface area contributed by atoms with E-state index in [-0.39, 0.29) is 30.4 Å². The van der Waals surface area contributed by atoms with E-state index in [1.54, 1.807) is 9.80 Å². The van der Waals surface area contributed by atoms with Gasteiger partial charge >= 0.3 is 5.97 Å². The van der Waals surface area contributed by atoms with Gasteiger partial charge in [-0.25, -0.2) is 0 Å². The van der Waals surface area contributed by atoms with E-state index in [9.17, 15) is 19.5 Å². The molecule has 0 saturated carbocycles. The number of hydrogen-bond acceptors (Lipinski definition) is 3. The van der Waals surface area contributed by atoms with E-state index >= 15 is 0 Å². The number of carbonyl (C=O) groups excluding carboxylic acids is 2. The van der Waals surface area contributed by atoms with Crippen LogP contribution in [0.15, 0.2) is 24.3 Å².